The van der Waals surface area contributed by atoms with Crippen molar-refractivity contribution in [3.05, 3.63) is 0 Å². The average Bonchev–Trinajstić information content (AvgIpc) is 2.49. The third-order valence-electron chi connectivity index (χ3n) is 3.93. The summed E-state index contributed by atoms with van der Waals surface area (Å²) in [6.45, 7) is 12.1. The molecule has 0 heterocycles. The maximum atomic E-state index is 12.6. The molecule has 0 rings (SSSR count). The van der Waals surface area contributed by atoms with Crippen LogP contribution < -0.4 is 16.0 Å². The fraction of sp³-hybridized carbons (Fsp3) is 0.842. The van der Waals surface area contributed by atoms with Crippen LogP contribution in [0.2, 0.25) is 0 Å². The molecule has 0 spiro atoms. The predicted molar refractivity (Wildman–Crippen MR) is 101 cm³/mol. The fourth-order valence-electron chi connectivity index (χ4n) is 2.74. The number of aldehydes is 1. The Hall–Kier alpha value is -1.43. The lowest BCUT2D eigenvalue weighted by Gasteiger charge is -2.25. The maximum absolute atomic E-state index is 12.6. The lowest BCUT2D eigenvalue weighted by Crippen LogP contribution is -2.54. The van der Waals surface area contributed by atoms with Crippen molar-refractivity contribution >= 4 is 18.1 Å². The molecule has 0 aromatic rings. The van der Waals surface area contributed by atoms with E-state index < -0.39 is 12.1 Å². The van der Waals surface area contributed by atoms with E-state index in [4.69, 9.17) is 0 Å². The molecular weight excluding hydrogens is 318 g/mol. The molecule has 0 bridgehead atoms. The Bertz CT molecular complexity index is 422. The first-order chi connectivity index (χ1) is 11.6. The van der Waals surface area contributed by atoms with E-state index >= 15 is 0 Å². The molecule has 0 radical (unpaired) electrons. The third-order valence-corrected chi connectivity index (χ3v) is 3.93. The molecule has 0 fully saturated rings. The van der Waals surface area contributed by atoms with Gasteiger partial charge in [-0.2, -0.15) is 0 Å². The van der Waals surface area contributed by atoms with Gasteiger partial charge < -0.3 is 20.7 Å². The van der Waals surface area contributed by atoms with E-state index in [-0.39, 0.29) is 23.8 Å². The van der Waals surface area contributed by atoms with Crippen molar-refractivity contribution in [2.24, 2.45) is 17.8 Å². The van der Waals surface area contributed by atoms with Gasteiger partial charge in [0.15, 0.2) is 0 Å². The molecule has 0 aliphatic carbocycles. The van der Waals surface area contributed by atoms with Crippen LogP contribution in [0.1, 0.15) is 60.8 Å². The van der Waals surface area contributed by atoms with Crippen molar-refractivity contribution in [3.63, 3.8) is 0 Å². The average molecular weight is 356 g/mol. The molecule has 3 atom stereocenters. The summed E-state index contributed by atoms with van der Waals surface area (Å²) in [5, 5.41) is 8.63. The van der Waals surface area contributed by atoms with Gasteiger partial charge in [-0.25, -0.2) is 0 Å². The van der Waals surface area contributed by atoms with Gasteiger partial charge in [0.25, 0.3) is 0 Å². The number of carbonyl (C=O) groups is 3. The molecule has 0 aromatic heterocycles. The summed E-state index contributed by atoms with van der Waals surface area (Å²) in [5.74, 6) is 0.441. The highest BCUT2D eigenvalue weighted by Crippen LogP contribution is 2.10. The topological polar surface area (TPSA) is 87.3 Å². The molecule has 2 amide bonds. The number of nitrogens with one attached hydrogen (secondary N) is 3. The van der Waals surface area contributed by atoms with Crippen molar-refractivity contribution in [3.8, 4) is 0 Å². The van der Waals surface area contributed by atoms with Gasteiger partial charge in [-0.05, 0) is 44.1 Å². The fourth-order valence-corrected chi connectivity index (χ4v) is 2.74. The zero-order valence-corrected chi connectivity index (χ0v) is 16.9. The number of hydrogen-bond acceptors (Lipinski definition) is 4. The molecule has 0 saturated heterocycles. The number of rotatable bonds is 12. The van der Waals surface area contributed by atoms with Crippen LogP contribution in [0.5, 0.6) is 0 Å². The molecule has 146 valence electrons. The predicted octanol–water partition coefficient (Wildman–Crippen LogP) is 1.88. The first-order valence-corrected chi connectivity index (χ1v) is 9.33. The van der Waals surface area contributed by atoms with E-state index in [0.717, 1.165) is 6.29 Å². The zero-order valence-electron chi connectivity index (χ0n) is 16.9. The quantitative estimate of drug-likeness (QED) is 0.467. The number of carbonyl (C=O) groups excluding carboxylic acids is 3. The molecule has 0 unspecified atom stereocenters. The van der Waals surface area contributed by atoms with Crippen LogP contribution in [0.25, 0.3) is 0 Å². The Morgan fingerprint density at radius 1 is 0.760 bits per heavy atom. The minimum Gasteiger partial charge on any atom is -0.345 e. The number of hydrogen-bond donors (Lipinski definition) is 3. The smallest absolute Gasteiger partial charge is 0.243 e. The van der Waals surface area contributed by atoms with E-state index in [2.05, 4.69) is 29.8 Å². The molecule has 0 aliphatic rings. The van der Waals surface area contributed by atoms with Crippen molar-refractivity contribution < 1.29 is 14.4 Å². The molecule has 25 heavy (non-hydrogen) atoms. The molecule has 3 N–H and O–H groups in total. The highest BCUT2D eigenvalue weighted by Gasteiger charge is 2.27. The second-order valence-electron chi connectivity index (χ2n) is 8.04. The number of amides is 2. The second kappa shape index (κ2) is 12.0. The van der Waals surface area contributed by atoms with Crippen LogP contribution in [0.15, 0.2) is 0 Å². The van der Waals surface area contributed by atoms with Gasteiger partial charge in [0.05, 0.1) is 12.1 Å². The van der Waals surface area contributed by atoms with Crippen LogP contribution in [0, 0.1) is 17.8 Å². The second-order valence-corrected chi connectivity index (χ2v) is 8.04. The van der Waals surface area contributed by atoms with Crippen molar-refractivity contribution in [2.75, 3.05) is 7.05 Å². The summed E-state index contributed by atoms with van der Waals surface area (Å²) in [6, 6.07) is -1.49. The van der Waals surface area contributed by atoms with Crippen molar-refractivity contribution in [1.82, 2.24) is 16.0 Å². The van der Waals surface area contributed by atoms with Gasteiger partial charge in [0, 0.05) is 0 Å². The lowest BCUT2D eigenvalue weighted by atomic mass is 9.99. The van der Waals surface area contributed by atoms with Gasteiger partial charge in [-0.15, -0.1) is 0 Å². The molecule has 0 aliphatic heterocycles. The molecule has 0 aromatic carbocycles. The molecule has 6 nitrogen and oxygen atoms in total. The highest BCUT2D eigenvalue weighted by molar-refractivity contribution is 5.90. The summed E-state index contributed by atoms with van der Waals surface area (Å²) >= 11 is 0. The van der Waals surface area contributed by atoms with Crippen molar-refractivity contribution in [2.45, 2.75) is 78.9 Å². The Balaban J connectivity index is 5.00. The number of likely N-dealkylation sites (N-methyl/N-ethyl adjacent to an activating group) is 1. The summed E-state index contributed by atoms with van der Waals surface area (Å²) in [5.41, 5.74) is 0. The first-order valence-electron chi connectivity index (χ1n) is 9.33. The molecule has 0 saturated carbocycles. The Morgan fingerprint density at radius 2 is 1.20 bits per heavy atom. The largest absolute Gasteiger partial charge is 0.345 e. The van der Waals surface area contributed by atoms with Crippen LogP contribution in [-0.2, 0) is 14.4 Å². The van der Waals surface area contributed by atoms with Crippen LogP contribution >= 0.6 is 0 Å². The van der Waals surface area contributed by atoms with Crippen LogP contribution in [0.3, 0.4) is 0 Å². The van der Waals surface area contributed by atoms with E-state index in [0.29, 0.717) is 31.1 Å². The monoisotopic (exact) mass is 355 g/mol. The lowest BCUT2D eigenvalue weighted by molar-refractivity contribution is -0.131. The van der Waals surface area contributed by atoms with E-state index in [1.54, 1.807) is 7.05 Å². The Kier molecular flexibility index (Phi) is 11.3. The van der Waals surface area contributed by atoms with Gasteiger partial charge in [-0.1, -0.05) is 41.5 Å². The summed E-state index contributed by atoms with van der Waals surface area (Å²) in [4.78, 5) is 36.3. The van der Waals surface area contributed by atoms with Gasteiger partial charge >= 0.3 is 0 Å². The minimum absolute atomic E-state index is 0.177. The van der Waals surface area contributed by atoms with Gasteiger partial charge in [0.1, 0.15) is 12.3 Å². The SMILES string of the molecule is CN[C@@H](CC(C)C)C(=O)N[C@@H](CC(C)C)C(=O)N[C@H](C=O)CC(C)C. The summed E-state index contributed by atoms with van der Waals surface area (Å²) in [6.07, 6.45) is 2.58. The highest BCUT2D eigenvalue weighted by atomic mass is 16.2. The van der Waals surface area contributed by atoms with Gasteiger partial charge in [0.2, 0.25) is 11.8 Å². The Labute approximate surface area is 152 Å². The van der Waals surface area contributed by atoms with E-state index in [9.17, 15) is 14.4 Å². The Morgan fingerprint density at radius 3 is 1.60 bits per heavy atom. The minimum atomic E-state index is -0.634. The summed E-state index contributed by atoms with van der Waals surface area (Å²) in [7, 11) is 1.75. The van der Waals surface area contributed by atoms with Crippen LogP contribution in [0.4, 0.5) is 0 Å². The maximum Gasteiger partial charge on any atom is 0.243 e. The third kappa shape index (κ3) is 10.2. The standard InChI is InChI=1S/C19H37N3O3/c1-12(2)8-15(11-23)21-19(25)17(10-14(5)6)22-18(24)16(20-7)9-13(3)4/h11-17,20H,8-10H2,1-7H3,(H,21,25)(H,22,24)/t15-,16-,17-/m0/s1. The van der Waals surface area contributed by atoms with E-state index in [1.165, 1.54) is 0 Å². The molecular formula is C19H37N3O3. The zero-order chi connectivity index (χ0) is 19.6. The van der Waals surface area contributed by atoms with Crippen LogP contribution in [-0.4, -0.2) is 43.3 Å². The normalized spacial score (nSPS) is 15.1. The van der Waals surface area contributed by atoms with Gasteiger partial charge in [-0.3, -0.25) is 9.59 Å². The summed E-state index contributed by atoms with van der Waals surface area (Å²) < 4.78 is 0. The van der Waals surface area contributed by atoms with Crippen molar-refractivity contribution in [1.29, 1.82) is 0 Å². The first kappa shape index (κ1) is 23.6. The van der Waals surface area contributed by atoms with E-state index in [1.807, 2.05) is 27.7 Å². The molecule has 6 heteroatoms.